The Balaban J connectivity index is 2.26. The van der Waals surface area contributed by atoms with Crippen LogP contribution in [0, 0.1) is 0 Å². The van der Waals surface area contributed by atoms with E-state index in [1.54, 1.807) is 13.2 Å². The maximum absolute atomic E-state index is 9.95. The van der Waals surface area contributed by atoms with E-state index in [9.17, 15) is 5.11 Å². The number of rotatable bonds is 1. The second-order valence-corrected chi connectivity index (χ2v) is 3.58. The Morgan fingerprint density at radius 2 is 1.67 bits per heavy atom. The molecule has 0 saturated carbocycles. The van der Waals surface area contributed by atoms with Gasteiger partial charge in [-0.2, -0.15) is 0 Å². The van der Waals surface area contributed by atoms with E-state index >= 15 is 0 Å². The summed E-state index contributed by atoms with van der Waals surface area (Å²) in [6.45, 7) is 0. The van der Waals surface area contributed by atoms with E-state index in [1.165, 1.54) is 5.56 Å². The zero-order chi connectivity index (χ0) is 10.4. The van der Waals surface area contributed by atoms with Crippen molar-refractivity contribution in [2.45, 2.75) is 0 Å². The molecule has 1 aliphatic carbocycles. The third-order valence-corrected chi connectivity index (χ3v) is 2.85. The molecule has 0 unspecified atom stereocenters. The standard InChI is InChI=1S/C13H10O2/c1-15-11-7-6-10-8-4-2-3-5-9(8)12(10)13(11)14/h2-7,14H,1H3. The van der Waals surface area contributed by atoms with E-state index in [4.69, 9.17) is 4.74 Å². The lowest BCUT2D eigenvalue weighted by Crippen LogP contribution is -1.99. The fraction of sp³-hybridized carbons (Fsp3) is 0.0769. The molecule has 2 nitrogen and oxygen atoms in total. The molecule has 15 heavy (non-hydrogen) atoms. The first-order valence-corrected chi connectivity index (χ1v) is 4.82. The summed E-state index contributed by atoms with van der Waals surface area (Å²) in [5, 5.41) is 9.95. The summed E-state index contributed by atoms with van der Waals surface area (Å²) < 4.78 is 5.08. The third-order valence-electron chi connectivity index (χ3n) is 2.85. The Bertz CT molecular complexity index is 544. The number of ether oxygens (including phenoxy) is 1. The Hall–Kier alpha value is -1.96. The van der Waals surface area contributed by atoms with E-state index in [1.807, 2.05) is 24.3 Å². The molecule has 0 aliphatic heterocycles. The highest BCUT2D eigenvalue weighted by Gasteiger charge is 2.26. The van der Waals surface area contributed by atoms with Gasteiger partial charge in [-0.3, -0.25) is 0 Å². The van der Waals surface area contributed by atoms with Crippen LogP contribution >= 0.6 is 0 Å². The van der Waals surface area contributed by atoms with Gasteiger partial charge in [-0.1, -0.05) is 24.3 Å². The van der Waals surface area contributed by atoms with Gasteiger partial charge in [0.05, 0.1) is 7.11 Å². The molecule has 1 aliphatic rings. The van der Waals surface area contributed by atoms with Crippen LogP contribution in [0.3, 0.4) is 0 Å². The number of aromatic hydroxyl groups is 1. The number of methoxy groups -OCH3 is 1. The maximum atomic E-state index is 9.95. The zero-order valence-electron chi connectivity index (χ0n) is 8.32. The Labute approximate surface area is 87.8 Å². The van der Waals surface area contributed by atoms with Crippen LogP contribution in [0.4, 0.5) is 0 Å². The fourth-order valence-electron chi connectivity index (χ4n) is 2.11. The number of benzene rings is 2. The van der Waals surface area contributed by atoms with Crippen LogP contribution in [0.1, 0.15) is 0 Å². The molecule has 2 aromatic carbocycles. The van der Waals surface area contributed by atoms with Crippen LogP contribution in [0.2, 0.25) is 0 Å². The van der Waals surface area contributed by atoms with Crippen molar-refractivity contribution in [3.8, 4) is 33.8 Å². The van der Waals surface area contributed by atoms with Gasteiger partial charge in [0.25, 0.3) is 0 Å². The van der Waals surface area contributed by atoms with Crippen LogP contribution in [0.5, 0.6) is 11.5 Å². The van der Waals surface area contributed by atoms with Gasteiger partial charge >= 0.3 is 0 Å². The van der Waals surface area contributed by atoms with Crippen LogP contribution in [-0.4, -0.2) is 12.2 Å². The largest absolute Gasteiger partial charge is 0.504 e. The maximum Gasteiger partial charge on any atom is 0.166 e. The number of phenolic OH excluding ortho intramolecular Hbond substituents is 1. The quantitative estimate of drug-likeness (QED) is 0.651. The molecule has 0 heterocycles. The second-order valence-electron chi connectivity index (χ2n) is 3.58. The third kappa shape index (κ3) is 0.934. The summed E-state index contributed by atoms with van der Waals surface area (Å²) in [4.78, 5) is 0. The van der Waals surface area contributed by atoms with Crippen molar-refractivity contribution in [1.82, 2.24) is 0 Å². The minimum atomic E-state index is 0.244. The van der Waals surface area contributed by atoms with Crippen molar-refractivity contribution in [2.75, 3.05) is 7.11 Å². The van der Waals surface area contributed by atoms with Gasteiger partial charge in [-0.25, -0.2) is 0 Å². The average Bonchev–Trinajstić information content (AvgIpc) is 2.25. The van der Waals surface area contributed by atoms with Crippen LogP contribution in [0.25, 0.3) is 22.3 Å². The van der Waals surface area contributed by atoms with Gasteiger partial charge in [0.1, 0.15) is 0 Å². The fourth-order valence-corrected chi connectivity index (χ4v) is 2.11. The molecule has 0 fully saturated rings. The van der Waals surface area contributed by atoms with E-state index in [0.29, 0.717) is 5.75 Å². The van der Waals surface area contributed by atoms with Gasteiger partial charge in [0.2, 0.25) is 0 Å². The molecule has 0 aromatic heterocycles. The molecule has 0 atom stereocenters. The summed E-state index contributed by atoms with van der Waals surface area (Å²) in [6, 6.07) is 11.8. The lowest BCUT2D eigenvalue weighted by molar-refractivity contribution is 0.374. The van der Waals surface area contributed by atoms with Crippen molar-refractivity contribution in [3.05, 3.63) is 36.4 Å². The minimum absolute atomic E-state index is 0.244. The van der Waals surface area contributed by atoms with Crippen LogP contribution < -0.4 is 4.74 Å². The molecular weight excluding hydrogens is 188 g/mol. The van der Waals surface area contributed by atoms with Gasteiger partial charge in [-0.05, 0) is 28.8 Å². The molecule has 1 N–H and O–H groups in total. The SMILES string of the molecule is COc1ccc2c(c1O)-c1ccccc1-2. The number of hydrogen-bond acceptors (Lipinski definition) is 2. The van der Waals surface area contributed by atoms with Gasteiger partial charge in [-0.15, -0.1) is 0 Å². The first kappa shape index (κ1) is 8.36. The molecule has 0 spiro atoms. The summed E-state index contributed by atoms with van der Waals surface area (Å²) in [5.41, 5.74) is 4.31. The molecule has 3 rings (SSSR count). The van der Waals surface area contributed by atoms with Gasteiger partial charge in [0.15, 0.2) is 11.5 Å². The Kier molecular flexibility index (Phi) is 1.54. The molecular formula is C13H10O2. The van der Waals surface area contributed by atoms with Crippen molar-refractivity contribution < 1.29 is 9.84 Å². The topological polar surface area (TPSA) is 29.5 Å². The number of hydrogen-bond donors (Lipinski definition) is 1. The van der Waals surface area contributed by atoms with E-state index in [0.717, 1.165) is 16.7 Å². The summed E-state index contributed by atoms with van der Waals surface area (Å²) in [6.07, 6.45) is 0. The zero-order valence-corrected chi connectivity index (χ0v) is 8.32. The molecule has 74 valence electrons. The predicted octanol–water partition coefficient (Wildman–Crippen LogP) is 3.05. The van der Waals surface area contributed by atoms with Crippen molar-refractivity contribution in [3.63, 3.8) is 0 Å². The second kappa shape index (κ2) is 2.76. The number of phenols is 1. The lowest BCUT2D eigenvalue weighted by Gasteiger charge is -2.25. The minimum Gasteiger partial charge on any atom is -0.504 e. The molecule has 0 radical (unpaired) electrons. The highest BCUT2D eigenvalue weighted by atomic mass is 16.5. The smallest absolute Gasteiger partial charge is 0.166 e. The summed E-state index contributed by atoms with van der Waals surface area (Å²) in [7, 11) is 1.56. The average molecular weight is 198 g/mol. The normalized spacial score (nSPS) is 11.3. The van der Waals surface area contributed by atoms with E-state index in [-0.39, 0.29) is 5.75 Å². The predicted molar refractivity (Wildman–Crippen MR) is 59.1 cm³/mol. The highest BCUT2D eigenvalue weighted by molar-refractivity contribution is 6.05. The Morgan fingerprint density at radius 1 is 0.933 bits per heavy atom. The van der Waals surface area contributed by atoms with E-state index < -0.39 is 0 Å². The van der Waals surface area contributed by atoms with E-state index in [2.05, 4.69) is 6.07 Å². The van der Waals surface area contributed by atoms with Gasteiger partial charge in [0, 0.05) is 5.56 Å². The molecule has 0 amide bonds. The first-order chi connectivity index (χ1) is 7.33. The monoisotopic (exact) mass is 198 g/mol. The van der Waals surface area contributed by atoms with Gasteiger partial charge < -0.3 is 9.84 Å². The van der Waals surface area contributed by atoms with Crippen LogP contribution in [-0.2, 0) is 0 Å². The van der Waals surface area contributed by atoms with Crippen molar-refractivity contribution >= 4 is 0 Å². The highest BCUT2D eigenvalue weighted by Crippen LogP contribution is 2.54. The molecule has 0 saturated heterocycles. The Morgan fingerprint density at radius 3 is 2.40 bits per heavy atom. The van der Waals surface area contributed by atoms with Crippen molar-refractivity contribution in [1.29, 1.82) is 0 Å². The molecule has 2 heteroatoms. The summed E-state index contributed by atoms with van der Waals surface area (Å²) >= 11 is 0. The molecule has 2 aromatic rings. The van der Waals surface area contributed by atoms with Crippen LogP contribution in [0.15, 0.2) is 36.4 Å². The summed E-state index contributed by atoms with van der Waals surface area (Å²) in [5.74, 6) is 0.775. The number of fused-ring (bicyclic) bond motifs is 4. The van der Waals surface area contributed by atoms with Crippen molar-refractivity contribution in [2.24, 2.45) is 0 Å². The lowest BCUT2D eigenvalue weighted by atomic mass is 9.80. The first-order valence-electron chi connectivity index (χ1n) is 4.82. The molecule has 0 bridgehead atoms.